The zero-order chi connectivity index (χ0) is 34.4. The Balaban J connectivity index is 2.54. The van der Waals surface area contributed by atoms with E-state index in [1.165, 1.54) is 36.4 Å². The van der Waals surface area contributed by atoms with Gasteiger partial charge < -0.3 is 18.9 Å². The van der Waals surface area contributed by atoms with E-state index in [-0.39, 0.29) is 83.5 Å². The van der Waals surface area contributed by atoms with E-state index < -0.39 is 29.7 Å². The molecule has 9 nitrogen and oxygen atoms in total. The van der Waals surface area contributed by atoms with Gasteiger partial charge in [0.25, 0.3) is 0 Å². The van der Waals surface area contributed by atoms with Gasteiger partial charge in [-0.3, -0.25) is 24.0 Å². The molecule has 0 radical (unpaired) electrons. The number of rotatable bonds is 18. The molecule has 0 fully saturated rings. The lowest BCUT2D eigenvalue weighted by atomic mass is 10.0. The molecule has 0 amide bonds. The van der Waals surface area contributed by atoms with Crippen molar-refractivity contribution in [1.82, 2.24) is 0 Å². The monoisotopic (exact) mass is 638 g/mol. The molecule has 0 saturated heterocycles. The molecule has 2 aromatic carbocycles. The van der Waals surface area contributed by atoms with Gasteiger partial charge in [0, 0.05) is 37.8 Å². The molecule has 0 bridgehead atoms. The summed E-state index contributed by atoms with van der Waals surface area (Å²) in [5, 5.41) is 0. The number of ketones is 1. The molecule has 0 spiro atoms. The molecule has 2 aromatic rings. The van der Waals surface area contributed by atoms with E-state index in [1.807, 2.05) is 55.4 Å². The Morgan fingerprint density at radius 2 is 0.761 bits per heavy atom. The average Bonchev–Trinajstić information content (AvgIpc) is 3.00. The zero-order valence-corrected chi connectivity index (χ0v) is 28.6. The molecule has 2 rings (SSSR count). The van der Waals surface area contributed by atoms with Crippen LogP contribution in [0, 0.1) is 23.7 Å². The molecule has 252 valence electrons. The van der Waals surface area contributed by atoms with Crippen LogP contribution in [-0.2, 0) is 19.2 Å². The van der Waals surface area contributed by atoms with Gasteiger partial charge in [-0.2, -0.15) is 0 Å². The Labute approximate surface area is 273 Å². The summed E-state index contributed by atoms with van der Waals surface area (Å²) in [7, 11) is 0. The normalized spacial score (nSPS) is 13.6. The fourth-order valence-electron chi connectivity index (χ4n) is 4.21. The minimum atomic E-state index is -0.604. The summed E-state index contributed by atoms with van der Waals surface area (Å²) in [6.45, 7) is 15.6. The summed E-state index contributed by atoms with van der Waals surface area (Å²) in [6.07, 6.45) is 3.79. The third-order valence-electron chi connectivity index (χ3n) is 8.15. The largest absolute Gasteiger partial charge is 0.426 e. The van der Waals surface area contributed by atoms with Crippen LogP contribution in [0.3, 0.4) is 0 Å². The number of carbonyl (C=O) groups excluding carboxylic acids is 5. The lowest BCUT2D eigenvalue weighted by Crippen LogP contribution is -2.17. The SMILES string of the molecule is CCC(C)CC(=O)Oc1ccc(C(=O)c2ccc(OC(=O)CC(C)CC)cc2OC(=O)CC(C)CC)c(OC(=O)CC(C)CC)c1. The predicted octanol–water partition coefficient (Wildman–Crippen LogP) is 8.28. The highest BCUT2D eigenvalue weighted by Gasteiger charge is 2.25. The smallest absolute Gasteiger partial charge is 0.311 e. The van der Waals surface area contributed by atoms with Crippen molar-refractivity contribution in [3.63, 3.8) is 0 Å². The summed E-state index contributed by atoms with van der Waals surface area (Å²) < 4.78 is 22.3. The lowest BCUT2D eigenvalue weighted by molar-refractivity contribution is -0.136. The van der Waals surface area contributed by atoms with Gasteiger partial charge in [0.15, 0.2) is 0 Å². The van der Waals surface area contributed by atoms with E-state index in [0.717, 1.165) is 25.7 Å². The van der Waals surface area contributed by atoms with E-state index in [1.54, 1.807) is 0 Å². The quantitative estimate of drug-likeness (QED) is 0.0901. The van der Waals surface area contributed by atoms with Crippen LogP contribution < -0.4 is 18.9 Å². The maximum absolute atomic E-state index is 14.0. The molecule has 0 saturated carbocycles. The molecule has 4 unspecified atom stereocenters. The van der Waals surface area contributed by atoms with Crippen LogP contribution in [0.2, 0.25) is 0 Å². The summed E-state index contributed by atoms with van der Waals surface area (Å²) in [4.78, 5) is 64.7. The number of hydrogen-bond donors (Lipinski definition) is 0. The summed E-state index contributed by atoms with van der Waals surface area (Å²) in [5.41, 5.74) is -0.0000605. The number of ether oxygens (including phenoxy) is 4. The Bertz CT molecular complexity index is 1260. The van der Waals surface area contributed by atoms with Crippen LogP contribution in [0.1, 0.15) is 123 Å². The van der Waals surface area contributed by atoms with Gasteiger partial charge in [0.2, 0.25) is 5.78 Å². The topological polar surface area (TPSA) is 122 Å². The summed E-state index contributed by atoms with van der Waals surface area (Å²) >= 11 is 0. The van der Waals surface area contributed by atoms with Gasteiger partial charge in [-0.25, -0.2) is 0 Å². The Kier molecular flexibility index (Phi) is 15.6. The molecular weight excluding hydrogens is 588 g/mol. The maximum Gasteiger partial charge on any atom is 0.311 e. The molecule has 0 aromatic heterocycles. The molecular formula is C37H50O9. The van der Waals surface area contributed by atoms with Gasteiger partial charge >= 0.3 is 23.9 Å². The molecule has 0 aliphatic rings. The van der Waals surface area contributed by atoms with Crippen molar-refractivity contribution in [2.45, 2.75) is 107 Å². The van der Waals surface area contributed by atoms with Crippen molar-refractivity contribution >= 4 is 29.7 Å². The zero-order valence-electron chi connectivity index (χ0n) is 28.6. The highest BCUT2D eigenvalue weighted by Crippen LogP contribution is 2.33. The second-order valence-corrected chi connectivity index (χ2v) is 12.4. The molecule has 4 atom stereocenters. The third-order valence-corrected chi connectivity index (χ3v) is 8.15. The van der Waals surface area contributed by atoms with Gasteiger partial charge in [0.05, 0.1) is 11.1 Å². The minimum Gasteiger partial charge on any atom is -0.426 e. The first-order chi connectivity index (χ1) is 21.8. The van der Waals surface area contributed by atoms with Crippen molar-refractivity contribution in [2.24, 2.45) is 23.7 Å². The predicted molar refractivity (Wildman–Crippen MR) is 175 cm³/mol. The molecule has 0 heterocycles. The minimum absolute atomic E-state index is 0.0000303. The highest BCUT2D eigenvalue weighted by molar-refractivity contribution is 6.13. The lowest BCUT2D eigenvalue weighted by Gasteiger charge is -2.16. The van der Waals surface area contributed by atoms with Crippen LogP contribution in [0.25, 0.3) is 0 Å². The average molecular weight is 639 g/mol. The first kappa shape index (κ1) is 38.2. The van der Waals surface area contributed by atoms with Gasteiger partial charge in [0.1, 0.15) is 23.0 Å². The Morgan fingerprint density at radius 3 is 1.04 bits per heavy atom. The van der Waals surface area contributed by atoms with Crippen LogP contribution in [0.5, 0.6) is 23.0 Å². The fourth-order valence-corrected chi connectivity index (χ4v) is 4.21. The second-order valence-electron chi connectivity index (χ2n) is 12.4. The van der Waals surface area contributed by atoms with E-state index in [9.17, 15) is 24.0 Å². The van der Waals surface area contributed by atoms with Crippen molar-refractivity contribution in [1.29, 1.82) is 0 Å². The first-order valence-corrected chi connectivity index (χ1v) is 16.4. The highest BCUT2D eigenvalue weighted by atomic mass is 16.6. The van der Waals surface area contributed by atoms with Crippen LogP contribution in [0.15, 0.2) is 36.4 Å². The van der Waals surface area contributed by atoms with E-state index in [0.29, 0.717) is 0 Å². The maximum atomic E-state index is 14.0. The summed E-state index contributed by atoms with van der Waals surface area (Å²) in [5.74, 6) is -2.16. The molecule has 0 N–H and O–H groups in total. The van der Waals surface area contributed by atoms with Crippen molar-refractivity contribution in [3.05, 3.63) is 47.5 Å². The van der Waals surface area contributed by atoms with E-state index in [2.05, 4.69) is 0 Å². The molecule has 9 heteroatoms. The van der Waals surface area contributed by atoms with Crippen molar-refractivity contribution < 1.29 is 42.9 Å². The Morgan fingerprint density at radius 1 is 0.478 bits per heavy atom. The molecule has 46 heavy (non-hydrogen) atoms. The second kappa shape index (κ2) is 18.8. The fraction of sp³-hybridized carbons (Fsp3) is 0.541. The van der Waals surface area contributed by atoms with Gasteiger partial charge in [-0.05, 0) is 47.9 Å². The Hall–Kier alpha value is -4.01. The van der Waals surface area contributed by atoms with E-state index in [4.69, 9.17) is 18.9 Å². The number of carbonyl (C=O) groups is 5. The third kappa shape index (κ3) is 12.4. The molecule has 0 aliphatic carbocycles. The standard InChI is InChI=1S/C37H50O9/c1-9-23(5)17-33(38)43-27-13-15-29(31(21-27)45-35(40)19-25(7)11-3)37(42)30-16-14-28(44-34(39)18-24(6)10-2)22-32(30)46-36(41)20-26(8)12-4/h13-16,21-26H,9-12,17-20H2,1-8H3. The van der Waals surface area contributed by atoms with Crippen LogP contribution >= 0.6 is 0 Å². The van der Waals surface area contributed by atoms with Crippen molar-refractivity contribution in [2.75, 3.05) is 0 Å². The summed E-state index contributed by atoms with van der Waals surface area (Å²) in [6, 6.07) is 8.41. The first-order valence-electron chi connectivity index (χ1n) is 16.4. The van der Waals surface area contributed by atoms with Gasteiger partial charge in [-0.15, -0.1) is 0 Å². The number of esters is 4. The number of benzene rings is 2. The molecule has 0 aliphatic heterocycles. The van der Waals surface area contributed by atoms with Gasteiger partial charge in [-0.1, -0.05) is 81.1 Å². The van der Waals surface area contributed by atoms with Crippen LogP contribution in [0.4, 0.5) is 0 Å². The number of hydrogen-bond acceptors (Lipinski definition) is 9. The van der Waals surface area contributed by atoms with Crippen molar-refractivity contribution in [3.8, 4) is 23.0 Å². The van der Waals surface area contributed by atoms with E-state index >= 15 is 0 Å². The van der Waals surface area contributed by atoms with Crippen LogP contribution in [-0.4, -0.2) is 29.7 Å².